The fraction of sp³-hybridized carbons (Fsp3) is 0.625. The van der Waals surface area contributed by atoms with E-state index in [9.17, 15) is 0 Å². The van der Waals surface area contributed by atoms with Crippen molar-refractivity contribution in [2.45, 2.75) is 30.3 Å². The molecule has 0 radical (unpaired) electrons. The minimum absolute atomic E-state index is 0.121. The van der Waals surface area contributed by atoms with Gasteiger partial charge in [-0.15, -0.1) is 0 Å². The van der Waals surface area contributed by atoms with Crippen LogP contribution in [0.25, 0.3) is 0 Å². The van der Waals surface area contributed by atoms with E-state index in [2.05, 4.69) is 20.7 Å². The highest BCUT2D eigenvalue weighted by atomic mass is 32.2. The van der Waals surface area contributed by atoms with Gasteiger partial charge in [0.1, 0.15) is 12.4 Å². The molecule has 1 rings (SSSR count). The molecule has 1 heterocycles. The Kier molecular flexibility index (Phi) is 4.87. The molecule has 0 aliphatic carbocycles. The van der Waals surface area contributed by atoms with Gasteiger partial charge in [0.2, 0.25) is 0 Å². The molecule has 0 aliphatic rings. The highest BCUT2D eigenvalue weighted by Crippen LogP contribution is 2.18. The number of nitrogens with zero attached hydrogens (tertiary/aromatic N) is 3. The second kappa shape index (κ2) is 5.96. The van der Waals surface area contributed by atoms with Crippen molar-refractivity contribution in [2.75, 3.05) is 5.75 Å². The average Bonchev–Trinajstić information content (AvgIpc) is 2.64. The summed E-state index contributed by atoms with van der Waals surface area (Å²) in [6, 6.07) is 2.43. The lowest BCUT2D eigenvalue weighted by Crippen LogP contribution is -2.35. The van der Waals surface area contributed by atoms with Crippen LogP contribution in [0.1, 0.15) is 13.8 Å². The first-order valence-corrected chi connectivity index (χ1v) is 6.03. The molecule has 14 heavy (non-hydrogen) atoms. The number of hydrogen-bond acceptors (Lipinski definition) is 6. The molecule has 76 valence electrons. The maximum Gasteiger partial charge on any atom is 0.169 e. The molecule has 0 fully saturated rings. The van der Waals surface area contributed by atoms with Crippen molar-refractivity contribution in [3.63, 3.8) is 0 Å². The van der Waals surface area contributed by atoms with E-state index >= 15 is 0 Å². The van der Waals surface area contributed by atoms with Crippen LogP contribution in [0.5, 0.6) is 0 Å². The Balaban J connectivity index is 2.32. The topological polar surface area (TPSA) is 61.6 Å². The Morgan fingerprint density at radius 3 is 3.00 bits per heavy atom. The van der Waals surface area contributed by atoms with E-state index in [0.717, 1.165) is 4.34 Å². The van der Waals surface area contributed by atoms with Crippen LogP contribution in [-0.2, 0) is 0 Å². The van der Waals surface area contributed by atoms with Gasteiger partial charge in [0, 0.05) is 11.8 Å². The molecule has 1 atom stereocenters. The van der Waals surface area contributed by atoms with Gasteiger partial charge in [0.05, 0.1) is 6.07 Å². The van der Waals surface area contributed by atoms with E-state index in [1.54, 1.807) is 11.8 Å². The molecule has 0 saturated heterocycles. The van der Waals surface area contributed by atoms with Gasteiger partial charge in [0.15, 0.2) is 4.34 Å². The minimum Gasteiger partial charge on any atom is -0.299 e. The van der Waals surface area contributed by atoms with Crippen molar-refractivity contribution in [3.05, 3.63) is 6.33 Å². The average molecular weight is 228 g/mol. The fourth-order valence-electron chi connectivity index (χ4n) is 0.906. The SMILES string of the molecule is CC(C)NC(C#N)CSc1ncns1. The van der Waals surface area contributed by atoms with Crippen molar-refractivity contribution >= 4 is 23.3 Å². The lowest BCUT2D eigenvalue weighted by Gasteiger charge is -2.12. The highest BCUT2D eigenvalue weighted by molar-refractivity contribution is 8.00. The molecule has 0 saturated carbocycles. The molecule has 4 nitrogen and oxygen atoms in total. The molecule has 1 N–H and O–H groups in total. The first kappa shape index (κ1) is 11.4. The summed E-state index contributed by atoms with van der Waals surface area (Å²) in [5, 5.41) is 12.0. The largest absolute Gasteiger partial charge is 0.299 e. The van der Waals surface area contributed by atoms with Crippen LogP contribution in [0.15, 0.2) is 10.7 Å². The molecule has 0 spiro atoms. The van der Waals surface area contributed by atoms with Gasteiger partial charge in [0.25, 0.3) is 0 Å². The van der Waals surface area contributed by atoms with Crippen LogP contribution in [0, 0.1) is 11.3 Å². The zero-order valence-electron chi connectivity index (χ0n) is 8.10. The fourth-order valence-corrected chi connectivity index (χ4v) is 2.33. The Morgan fingerprint density at radius 1 is 1.71 bits per heavy atom. The van der Waals surface area contributed by atoms with Crippen molar-refractivity contribution < 1.29 is 0 Å². The van der Waals surface area contributed by atoms with E-state index < -0.39 is 0 Å². The van der Waals surface area contributed by atoms with Crippen LogP contribution >= 0.6 is 23.3 Å². The predicted octanol–water partition coefficient (Wildman–Crippen LogP) is 1.52. The quantitative estimate of drug-likeness (QED) is 0.774. The minimum atomic E-state index is -0.121. The molecule has 6 heteroatoms. The molecule has 1 aromatic heterocycles. The van der Waals surface area contributed by atoms with Crippen LogP contribution in [0.2, 0.25) is 0 Å². The maximum atomic E-state index is 8.85. The van der Waals surface area contributed by atoms with Crippen molar-refractivity contribution in [3.8, 4) is 6.07 Å². The normalized spacial score (nSPS) is 12.7. The Labute approximate surface area is 91.9 Å². The lowest BCUT2D eigenvalue weighted by molar-refractivity contribution is 0.560. The maximum absolute atomic E-state index is 8.85. The van der Waals surface area contributed by atoms with Crippen molar-refractivity contribution in [2.24, 2.45) is 0 Å². The smallest absolute Gasteiger partial charge is 0.169 e. The first-order valence-electron chi connectivity index (χ1n) is 4.27. The summed E-state index contributed by atoms with van der Waals surface area (Å²) >= 11 is 2.92. The second-order valence-corrected chi connectivity index (χ2v) is 5.07. The van der Waals surface area contributed by atoms with Gasteiger partial charge in [-0.3, -0.25) is 5.32 Å². The van der Waals surface area contributed by atoms with Gasteiger partial charge in [-0.2, -0.15) is 9.64 Å². The third-order valence-corrected chi connectivity index (χ3v) is 3.30. The molecule has 0 aromatic carbocycles. The number of nitriles is 1. The van der Waals surface area contributed by atoms with Crippen LogP contribution in [0.4, 0.5) is 0 Å². The van der Waals surface area contributed by atoms with E-state index in [-0.39, 0.29) is 6.04 Å². The third-order valence-electron chi connectivity index (χ3n) is 1.40. The monoisotopic (exact) mass is 228 g/mol. The highest BCUT2D eigenvalue weighted by Gasteiger charge is 2.09. The van der Waals surface area contributed by atoms with Crippen LogP contribution in [-0.4, -0.2) is 27.2 Å². The van der Waals surface area contributed by atoms with Crippen molar-refractivity contribution in [1.29, 1.82) is 5.26 Å². The van der Waals surface area contributed by atoms with Gasteiger partial charge >= 0.3 is 0 Å². The van der Waals surface area contributed by atoms with E-state index in [1.165, 1.54) is 17.9 Å². The molecular weight excluding hydrogens is 216 g/mol. The summed E-state index contributed by atoms with van der Waals surface area (Å²) in [6.07, 6.45) is 1.53. The molecule has 1 unspecified atom stereocenters. The zero-order valence-corrected chi connectivity index (χ0v) is 9.73. The number of hydrogen-bond donors (Lipinski definition) is 1. The first-order chi connectivity index (χ1) is 6.72. The second-order valence-electron chi connectivity index (χ2n) is 3.02. The zero-order chi connectivity index (χ0) is 10.4. The predicted molar refractivity (Wildman–Crippen MR) is 58.3 cm³/mol. The number of aromatic nitrogens is 2. The lowest BCUT2D eigenvalue weighted by atomic mass is 10.3. The summed E-state index contributed by atoms with van der Waals surface area (Å²) in [7, 11) is 0. The van der Waals surface area contributed by atoms with Crippen molar-refractivity contribution in [1.82, 2.24) is 14.7 Å². The summed E-state index contributed by atoms with van der Waals surface area (Å²) in [5.41, 5.74) is 0. The molecule has 1 aromatic rings. The summed E-state index contributed by atoms with van der Waals surface area (Å²) in [5.74, 6) is 0.712. The van der Waals surface area contributed by atoms with Gasteiger partial charge < -0.3 is 0 Å². The standard InChI is InChI=1S/C8H12N4S2/c1-6(2)12-7(3-9)4-13-8-10-5-11-14-8/h5-7,12H,4H2,1-2H3. The summed E-state index contributed by atoms with van der Waals surface area (Å²) < 4.78 is 4.81. The van der Waals surface area contributed by atoms with Crippen LogP contribution in [0.3, 0.4) is 0 Å². The van der Waals surface area contributed by atoms with E-state index in [4.69, 9.17) is 5.26 Å². The molecule has 0 amide bonds. The Bertz CT molecular complexity index is 291. The molecular formula is C8H12N4S2. The van der Waals surface area contributed by atoms with Gasteiger partial charge in [-0.1, -0.05) is 11.8 Å². The third kappa shape index (κ3) is 4.05. The Hall–Kier alpha value is -0.640. The number of rotatable bonds is 5. The summed E-state index contributed by atoms with van der Waals surface area (Å²) in [4.78, 5) is 4.03. The number of nitrogens with one attached hydrogen (secondary N) is 1. The molecule has 0 aliphatic heterocycles. The summed E-state index contributed by atoms with van der Waals surface area (Å²) in [6.45, 7) is 4.06. The van der Waals surface area contributed by atoms with E-state index in [0.29, 0.717) is 11.8 Å². The Morgan fingerprint density at radius 2 is 2.50 bits per heavy atom. The van der Waals surface area contributed by atoms with Crippen LogP contribution < -0.4 is 5.32 Å². The number of thioether (sulfide) groups is 1. The van der Waals surface area contributed by atoms with E-state index in [1.807, 2.05) is 13.8 Å². The molecule has 0 bridgehead atoms. The van der Waals surface area contributed by atoms with Gasteiger partial charge in [-0.05, 0) is 25.4 Å². The van der Waals surface area contributed by atoms with Gasteiger partial charge in [-0.25, -0.2) is 4.98 Å².